The lowest BCUT2D eigenvalue weighted by Gasteiger charge is -2.14. The molecule has 0 radical (unpaired) electrons. The van der Waals surface area contributed by atoms with Gasteiger partial charge in [-0.05, 0) is 26.2 Å². The molecule has 0 aromatic rings. The van der Waals surface area contributed by atoms with Gasteiger partial charge in [-0.2, -0.15) is 0 Å². The van der Waals surface area contributed by atoms with E-state index in [0.29, 0.717) is 0 Å². The van der Waals surface area contributed by atoms with E-state index in [0.717, 1.165) is 24.7 Å². The van der Waals surface area contributed by atoms with E-state index < -0.39 is 9.28 Å². The molecule has 0 amide bonds. The molecule has 2 unspecified atom stereocenters. The molecule has 1 aliphatic rings. The molecule has 0 saturated heterocycles. The van der Waals surface area contributed by atoms with Gasteiger partial charge in [-0.15, -0.1) is 0 Å². The fourth-order valence-electron chi connectivity index (χ4n) is 1.70. The molecule has 72 valence electrons. The van der Waals surface area contributed by atoms with Crippen molar-refractivity contribution < 1.29 is 8.85 Å². The molecule has 2 nitrogen and oxygen atoms in total. The first-order valence-corrected chi connectivity index (χ1v) is 6.67. The average molecular weight is 188 g/mol. The third kappa shape index (κ3) is 2.57. The summed E-state index contributed by atoms with van der Waals surface area (Å²) < 4.78 is 11.3. The summed E-state index contributed by atoms with van der Waals surface area (Å²) in [7, 11) is -1.27. The summed E-state index contributed by atoms with van der Waals surface area (Å²) in [6.07, 6.45) is 2.65. The third-order valence-corrected chi connectivity index (χ3v) is 5.35. The maximum atomic E-state index is 5.66. The zero-order valence-electron chi connectivity index (χ0n) is 8.38. The Labute approximate surface area is 77.1 Å². The van der Waals surface area contributed by atoms with Gasteiger partial charge in [0.2, 0.25) is 0 Å². The van der Waals surface area contributed by atoms with E-state index in [1.165, 1.54) is 12.8 Å². The van der Waals surface area contributed by atoms with E-state index in [2.05, 4.69) is 20.8 Å². The highest BCUT2D eigenvalue weighted by Crippen LogP contribution is 2.49. The number of hydrogen-bond donors (Lipinski definition) is 0. The van der Waals surface area contributed by atoms with Crippen molar-refractivity contribution in [3.8, 4) is 0 Å². The second kappa shape index (κ2) is 4.99. The Balaban J connectivity index is 2.24. The van der Waals surface area contributed by atoms with Crippen LogP contribution in [0, 0.1) is 5.92 Å². The molecule has 1 fully saturated rings. The lowest BCUT2D eigenvalue weighted by molar-refractivity contribution is 0.210. The molecule has 0 spiro atoms. The summed E-state index contributed by atoms with van der Waals surface area (Å²) in [4.78, 5) is 0. The van der Waals surface area contributed by atoms with Crippen LogP contribution in [0.2, 0.25) is 5.54 Å². The summed E-state index contributed by atoms with van der Waals surface area (Å²) in [5.41, 5.74) is 0.815. The Morgan fingerprint density at radius 2 is 1.75 bits per heavy atom. The first-order chi connectivity index (χ1) is 5.83. The predicted octanol–water partition coefficient (Wildman–Crippen LogP) is 2.08. The lowest BCUT2D eigenvalue weighted by Crippen LogP contribution is -2.24. The van der Waals surface area contributed by atoms with Crippen LogP contribution in [-0.2, 0) is 8.85 Å². The van der Waals surface area contributed by atoms with Crippen LogP contribution in [0.4, 0.5) is 0 Å². The largest absolute Gasteiger partial charge is 0.397 e. The summed E-state index contributed by atoms with van der Waals surface area (Å²) in [6.45, 7) is 8.02. The van der Waals surface area contributed by atoms with Crippen molar-refractivity contribution in [2.45, 2.75) is 39.2 Å². The molecule has 0 aromatic carbocycles. The highest BCUT2D eigenvalue weighted by Gasteiger charge is 2.44. The van der Waals surface area contributed by atoms with Gasteiger partial charge >= 0.3 is 9.28 Å². The molecule has 2 atom stereocenters. The smallest absolute Gasteiger partial charge is 0.324 e. The van der Waals surface area contributed by atoms with E-state index in [1.54, 1.807) is 0 Å². The van der Waals surface area contributed by atoms with E-state index in [9.17, 15) is 0 Å². The molecule has 0 heterocycles. The lowest BCUT2D eigenvalue weighted by atomic mass is 10.3. The fourth-order valence-corrected chi connectivity index (χ4v) is 4.23. The van der Waals surface area contributed by atoms with Crippen molar-refractivity contribution in [1.29, 1.82) is 0 Å². The van der Waals surface area contributed by atoms with E-state index in [-0.39, 0.29) is 0 Å². The van der Waals surface area contributed by atoms with Crippen LogP contribution in [0.1, 0.15) is 33.6 Å². The van der Waals surface area contributed by atoms with E-state index in [4.69, 9.17) is 8.85 Å². The Bertz CT molecular complexity index is 124. The van der Waals surface area contributed by atoms with Crippen molar-refractivity contribution in [1.82, 2.24) is 0 Å². The third-order valence-electron chi connectivity index (χ3n) is 2.51. The zero-order chi connectivity index (χ0) is 8.97. The standard InChI is InChI=1S/C9H20O2Si/c1-4-8-7-9(8)12(10-5-2)11-6-3/h8-9,12H,4-7H2,1-3H3. The number of hydrogen-bond acceptors (Lipinski definition) is 2. The minimum Gasteiger partial charge on any atom is -0.397 e. The average Bonchev–Trinajstić information content (AvgIpc) is 2.83. The molecule has 12 heavy (non-hydrogen) atoms. The van der Waals surface area contributed by atoms with Gasteiger partial charge in [-0.25, -0.2) is 0 Å². The van der Waals surface area contributed by atoms with Crippen LogP contribution in [0.25, 0.3) is 0 Å². The predicted molar refractivity (Wildman–Crippen MR) is 52.5 cm³/mol. The molecule has 0 N–H and O–H groups in total. The van der Waals surface area contributed by atoms with Crippen LogP contribution in [-0.4, -0.2) is 22.5 Å². The zero-order valence-corrected chi connectivity index (χ0v) is 9.53. The Hall–Kier alpha value is 0.137. The Morgan fingerprint density at radius 1 is 1.17 bits per heavy atom. The van der Waals surface area contributed by atoms with Crippen molar-refractivity contribution in [2.24, 2.45) is 5.92 Å². The van der Waals surface area contributed by atoms with Crippen LogP contribution in [0.15, 0.2) is 0 Å². The van der Waals surface area contributed by atoms with Gasteiger partial charge in [-0.1, -0.05) is 13.3 Å². The molecular formula is C9H20O2Si. The highest BCUT2D eigenvalue weighted by atomic mass is 28.3. The van der Waals surface area contributed by atoms with Crippen molar-refractivity contribution >= 4 is 9.28 Å². The minimum atomic E-state index is -1.27. The number of rotatable bonds is 6. The topological polar surface area (TPSA) is 18.5 Å². The van der Waals surface area contributed by atoms with Crippen molar-refractivity contribution in [3.05, 3.63) is 0 Å². The maximum absolute atomic E-state index is 5.66. The van der Waals surface area contributed by atoms with Gasteiger partial charge in [0.05, 0.1) is 0 Å². The van der Waals surface area contributed by atoms with Crippen LogP contribution in [0.3, 0.4) is 0 Å². The van der Waals surface area contributed by atoms with E-state index >= 15 is 0 Å². The summed E-state index contributed by atoms with van der Waals surface area (Å²) in [6, 6.07) is 0. The van der Waals surface area contributed by atoms with Crippen LogP contribution < -0.4 is 0 Å². The first kappa shape index (κ1) is 10.2. The molecule has 0 aromatic heterocycles. The quantitative estimate of drug-likeness (QED) is 0.594. The van der Waals surface area contributed by atoms with Gasteiger partial charge in [0.25, 0.3) is 0 Å². The normalized spacial score (nSPS) is 28.0. The molecule has 1 rings (SSSR count). The molecular weight excluding hydrogens is 168 g/mol. The van der Waals surface area contributed by atoms with Gasteiger partial charge in [0, 0.05) is 18.8 Å². The minimum absolute atomic E-state index is 0.815. The second-order valence-electron chi connectivity index (χ2n) is 3.35. The van der Waals surface area contributed by atoms with E-state index in [1.807, 2.05) is 0 Å². The van der Waals surface area contributed by atoms with Crippen molar-refractivity contribution in [2.75, 3.05) is 13.2 Å². The second-order valence-corrected chi connectivity index (χ2v) is 5.61. The van der Waals surface area contributed by atoms with Gasteiger partial charge < -0.3 is 8.85 Å². The first-order valence-electron chi connectivity index (χ1n) is 5.06. The van der Waals surface area contributed by atoms with Crippen molar-refractivity contribution in [3.63, 3.8) is 0 Å². The van der Waals surface area contributed by atoms with Gasteiger partial charge in [-0.3, -0.25) is 0 Å². The summed E-state index contributed by atoms with van der Waals surface area (Å²) in [5.74, 6) is 0.916. The highest BCUT2D eigenvalue weighted by molar-refractivity contribution is 6.47. The Kier molecular flexibility index (Phi) is 4.25. The molecule has 0 bridgehead atoms. The molecule has 3 heteroatoms. The van der Waals surface area contributed by atoms with Gasteiger partial charge in [0.15, 0.2) is 0 Å². The van der Waals surface area contributed by atoms with Gasteiger partial charge in [0.1, 0.15) is 0 Å². The summed E-state index contributed by atoms with van der Waals surface area (Å²) in [5, 5.41) is 0. The van der Waals surface area contributed by atoms with Crippen LogP contribution in [0.5, 0.6) is 0 Å². The Morgan fingerprint density at radius 3 is 2.08 bits per heavy atom. The maximum Gasteiger partial charge on any atom is 0.324 e. The summed E-state index contributed by atoms with van der Waals surface area (Å²) >= 11 is 0. The molecule has 1 saturated carbocycles. The van der Waals surface area contributed by atoms with Crippen LogP contribution >= 0.6 is 0 Å². The molecule has 1 aliphatic carbocycles. The SMILES string of the molecule is CCO[SiH](OCC)C1CC1CC. The fraction of sp³-hybridized carbons (Fsp3) is 1.00. The monoisotopic (exact) mass is 188 g/mol. The molecule has 0 aliphatic heterocycles.